The van der Waals surface area contributed by atoms with Gasteiger partial charge in [0.05, 0.1) is 8.66 Å². The van der Waals surface area contributed by atoms with Crippen LogP contribution < -0.4 is 0 Å². The van der Waals surface area contributed by atoms with E-state index in [4.69, 9.17) is 0 Å². The van der Waals surface area contributed by atoms with Crippen LogP contribution in [0.3, 0.4) is 0 Å². The standard InChI is InChI=1S/C13H9Br2F2NOS/c1-18(6-7-2-3-8(16)4-10(7)17)13(19)11-5-9(14)12(15)20-11/h2-5H,6H2,1H3. The van der Waals surface area contributed by atoms with Crippen molar-refractivity contribution in [3.8, 4) is 0 Å². The average Bonchev–Trinajstić information content (AvgIpc) is 2.72. The molecule has 20 heavy (non-hydrogen) atoms. The van der Waals surface area contributed by atoms with Gasteiger partial charge in [0.1, 0.15) is 11.6 Å². The first kappa shape index (κ1) is 15.6. The molecule has 2 nitrogen and oxygen atoms in total. The van der Waals surface area contributed by atoms with E-state index in [1.807, 2.05) is 0 Å². The summed E-state index contributed by atoms with van der Waals surface area (Å²) in [5.41, 5.74) is 0.275. The average molecular weight is 425 g/mol. The maximum Gasteiger partial charge on any atom is 0.264 e. The van der Waals surface area contributed by atoms with E-state index >= 15 is 0 Å². The van der Waals surface area contributed by atoms with Gasteiger partial charge in [-0.05, 0) is 44.0 Å². The molecule has 2 rings (SSSR count). The number of thiophene rings is 1. The van der Waals surface area contributed by atoms with Crippen LogP contribution in [0.5, 0.6) is 0 Å². The Morgan fingerprint density at radius 1 is 1.30 bits per heavy atom. The fourth-order valence-corrected chi connectivity index (χ4v) is 3.65. The van der Waals surface area contributed by atoms with Crippen molar-refractivity contribution >= 4 is 49.1 Å². The van der Waals surface area contributed by atoms with Crippen molar-refractivity contribution in [3.05, 3.63) is 54.6 Å². The molecule has 0 aliphatic carbocycles. The highest BCUT2D eigenvalue weighted by molar-refractivity contribution is 9.13. The van der Waals surface area contributed by atoms with Gasteiger partial charge in [-0.1, -0.05) is 6.07 Å². The molecular formula is C13H9Br2F2NOS. The van der Waals surface area contributed by atoms with Crippen molar-refractivity contribution in [1.29, 1.82) is 0 Å². The highest BCUT2D eigenvalue weighted by Gasteiger charge is 2.17. The minimum atomic E-state index is -0.654. The predicted molar refractivity (Wildman–Crippen MR) is 81.9 cm³/mol. The zero-order valence-corrected chi connectivity index (χ0v) is 14.3. The van der Waals surface area contributed by atoms with E-state index < -0.39 is 11.6 Å². The summed E-state index contributed by atoms with van der Waals surface area (Å²) < 4.78 is 28.0. The third-order valence-electron chi connectivity index (χ3n) is 2.63. The SMILES string of the molecule is CN(Cc1ccc(F)cc1F)C(=O)c1cc(Br)c(Br)s1. The number of carbonyl (C=O) groups is 1. The zero-order valence-electron chi connectivity index (χ0n) is 10.3. The molecule has 0 spiro atoms. The van der Waals surface area contributed by atoms with Gasteiger partial charge in [0.2, 0.25) is 0 Å². The van der Waals surface area contributed by atoms with E-state index in [-0.39, 0.29) is 18.0 Å². The third-order valence-corrected chi connectivity index (χ3v) is 5.87. The van der Waals surface area contributed by atoms with Crippen LogP contribution in [0.25, 0.3) is 0 Å². The van der Waals surface area contributed by atoms with Gasteiger partial charge >= 0.3 is 0 Å². The molecule has 0 atom stereocenters. The molecule has 0 aliphatic rings. The van der Waals surface area contributed by atoms with Crippen molar-refractivity contribution in [2.45, 2.75) is 6.54 Å². The predicted octanol–water partition coefficient (Wildman–Crippen LogP) is 4.82. The molecule has 0 unspecified atom stereocenters. The van der Waals surface area contributed by atoms with Gasteiger partial charge in [-0.25, -0.2) is 8.78 Å². The molecule has 106 valence electrons. The molecular weight excluding hydrogens is 416 g/mol. The summed E-state index contributed by atoms with van der Waals surface area (Å²) >= 11 is 7.92. The fraction of sp³-hybridized carbons (Fsp3) is 0.154. The number of benzene rings is 1. The van der Waals surface area contributed by atoms with Gasteiger partial charge in [0, 0.05) is 29.7 Å². The van der Waals surface area contributed by atoms with Gasteiger partial charge in [0.25, 0.3) is 5.91 Å². The summed E-state index contributed by atoms with van der Waals surface area (Å²) in [5, 5.41) is 0. The quantitative estimate of drug-likeness (QED) is 0.691. The summed E-state index contributed by atoms with van der Waals surface area (Å²) in [5.74, 6) is -1.50. The van der Waals surface area contributed by atoms with Crippen LogP contribution >= 0.6 is 43.2 Å². The van der Waals surface area contributed by atoms with Crippen LogP contribution in [-0.2, 0) is 6.54 Å². The smallest absolute Gasteiger partial charge is 0.264 e. The Morgan fingerprint density at radius 3 is 2.55 bits per heavy atom. The second kappa shape index (κ2) is 6.32. The van der Waals surface area contributed by atoms with Crippen molar-refractivity contribution in [2.24, 2.45) is 0 Å². The molecule has 1 amide bonds. The van der Waals surface area contributed by atoms with Crippen LogP contribution in [0.4, 0.5) is 8.78 Å². The Morgan fingerprint density at radius 2 is 2.00 bits per heavy atom. The van der Waals surface area contributed by atoms with E-state index in [1.54, 1.807) is 13.1 Å². The highest BCUT2D eigenvalue weighted by Crippen LogP contribution is 2.33. The molecule has 0 N–H and O–H groups in total. The number of halogens is 4. The molecule has 0 aliphatic heterocycles. The Hall–Kier alpha value is -0.790. The second-order valence-electron chi connectivity index (χ2n) is 4.13. The summed E-state index contributed by atoms with van der Waals surface area (Å²) in [6, 6.07) is 5.03. The van der Waals surface area contributed by atoms with Gasteiger partial charge < -0.3 is 4.90 Å². The van der Waals surface area contributed by atoms with Crippen molar-refractivity contribution in [3.63, 3.8) is 0 Å². The minimum Gasteiger partial charge on any atom is -0.337 e. The van der Waals surface area contributed by atoms with E-state index in [2.05, 4.69) is 31.9 Å². The number of hydrogen-bond acceptors (Lipinski definition) is 2. The van der Waals surface area contributed by atoms with Crippen LogP contribution in [0.15, 0.2) is 32.5 Å². The van der Waals surface area contributed by atoms with Crippen LogP contribution in [0.1, 0.15) is 15.2 Å². The highest BCUT2D eigenvalue weighted by atomic mass is 79.9. The lowest BCUT2D eigenvalue weighted by molar-refractivity contribution is 0.0788. The Balaban J connectivity index is 2.15. The van der Waals surface area contributed by atoms with Crippen molar-refractivity contribution in [2.75, 3.05) is 7.05 Å². The maximum absolute atomic E-state index is 13.6. The van der Waals surface area contributed by atoms with Crippen LogP contribution in [-0.4, -0.2) is 17.9 Å². The fourth-order valence-electron chi connectivity index (χ4n) is 1.62. The Labute approximate surface area is 135 Å². The molecule has 1 aromatic heterocycles. The maximum atomic E-state index is 13.6. The second-order valence-corrected chi connectivity index (χ2v) is 7.35. The lowest BCUT2D eigenvalue weighted by Gasteiger charge is -2.16. The molecule has 0 saturated carbocycles. The Bertz CT molecular complexity index is 640. The number of amides is 1. The summed E-state index contributed by atoms with van der Waals surface area (Å²) in [6.07, 6.45) is 0. The van der Waals surface area contributed by atoms with Crippen LogP contribution in [0, 0.1) is 11.6 Å². The molecule has 0 fully saturated rings. The van der Waals surface area contributed by atoms with Crippen LogP contribution in [0.2, 0.25) is 0 Å². The van der Waals surface area contributed by atoms with E-state index in [0.29, 0.717) is 4.88 Å². The topological polar surface area (TPSA) is 20.3 Å². The summed E-state index contributed by atoms with van der Waals surface area (Å²) in [7, 11) is 1.58. The molecule has 7 heteroatoms. The first-order chi connectivity index (χ1) is 9.38. The van der Waals surface area contributed by atoms with Gasteiger partial charge in [0.15, 0.2) is 0 Å². The molecule has 1 aromatic carbocycles. The summed E-state index contributed by atoms with van der Waals surface area (Å²) in [6.45, 7) is 0.0814. The number of rotatable bonds is 3. The minimum absolute atomic E-state index is 0.0814. The summed E-state index contributed by atoms with van der Waals surface area (Å²) in [4.78, 5) is 14.1. The molecule has 2 aromatic rings. The largest absolute Gasteiger partial charge is 0.337 e. The molecule has 0 bridgehead atoms. The Kier molecular flexibility index (Phi) is 4.93. The third kappa shape index (κ3) is 3.45. The number of nitrogens with zero attached hydrogens (tertiary/aromatic N) is 1. The monoisotopic (exact) mass is 423 g/mol. The molecule has 0 radical (unpaired) electrons. The van der Waals surface area contributed by atoms with Crippen molar-refractivity contribution < 1.29 is 13.6 Å². The van der Waals surface area contributed by atoms with Gasteiger partial charge in [-0.15, -0.1) is 11.3 Å². The molecule has 1 heterocycles. The van der Waals surface area contributed by atoms with E-state index in [0.717, 1.165) is 14.3 Å². The lowest BCUT2D eigenvalue weighted by Crippen LogP contribution is -2.25. The van der Waals surface area contributed by atoms with Gasteiger partial charge in [-0.2, -0.15) is 0 Å². The number of carbonyl (C=O) groups excluding carboxylic acids is 1. The zero-order chi connectivity index (χ0) is 14.9. The number of hydrogen-bond donors (Lipinski definition) is 0. The van der Waals surface area contributed by atoms with E-state index in [9.17, 15) is 13.6 Å². The van der Waals surface area contributed by atoms with Gasteiger partial charge in [-0.3, -0.25) is 4.79 Å². The lowest BCUT2D eigenvalue weighted by atomic mass is 10.2. The van der Waals surface area contributed by atoms with Crippen molar-refractivity contribution in [1.82, 2.24) is 4.90 Å². The first-order valence-electron chi connectivity index (χ1n) is 5.52. The normalized spacial score (nSPS) is 10.7. The van der Waals surface area contributed by atoms with E-state index in [1.165, 1.54) is 28.4 Å². The molecule has 0 saturated heterocycles. The first-order valence-corrected chi connectivity index (χ1v) is 7.93.